The number of aliphatic hydroxyl groups is 2. The Balaban J connectivity index is 4.61. The smallest absolute Gasteiger partial charge is 0.220 e. The fourth-order valence-corrected chi connectivity index (χ4v) is 6.14. The molecule has 16 heteroatoms. The van der Waals surface area contributed by atoms with E-state index in [2.05, 4.69) is 21.6 Å². The molecule has 12 nitrogen and oxygen atoms in total. The van der Waals surface area contributed by atoms with E-state index in [1.54, 1.807) is 50.2 Å². The molecule has 0 aromatic heterocycles. The molecule has 214 valence electrons. The zero-order valence-electron chi connectivity index (χ0n) is 21.1. The molecule has 4 atom stereocenters. The van der Waals surface area contributed by atoms with Gasteiger partial charge in [-0.1, -0.05) is 43.2 Å². The van der Waals surface area contributed by atoms with E-state index >= 15 is 0 Å². The number of hydrogen-bond donors (Lipinski definition) is 8. The molecule has 36 heavy (non-hydrogen) atoms. The Bertz CT molecular complexity index is 561. The van der Waals surface area contributed by atoms with E-state index < -0.39 is 30.4 Å². The van der Waals surface area contributed by atoms with Gasteiger partial charge in [-0.2, -0.15) is 11.0 Å². The second kappa shape index (κ2) is 25.5. The van der Waals surface area contributed by atoms with Gasteiger partial charge in [-0.3, -0.25) is 14.5 Å². The molecule has 0 aromatic rings. The average Bonchev–Trinajstić information content (AvgIpc) is 2.84. The van der Waals surface area contributed by atoms with Crippen molar-refractivity contribution < 1.29 is 29.5 Å². The summed E-state index contributed by atoms with van der Waals surface area (Å²) in [5, 5.41) is 26.5. The number of nitrogens with one attached hydrogen (secondary N) is 4. The van der Waals surface area contributed by atoms with Crippen LogP contribution >= 0.6 is 43.2 Å². The summed E-state index contributed by atoms with van der Waals surface area (Å²) in [5.41, 5.74) is 16.3. The van der Waals surface area contributed by atoms with Gasteiger partial charge in [0.25, 0.3) is 0 Å². The maximum Gasteiger partial charge on any atom is 0.220 e. The number of hydroxylamine groups is 2. The van der Waals surface area contributed by atoms with Gasteiger partial charge in [-0.05, 0) is 20.4 Å². The molecular formula is C20H44N6O6S4. The SMILES string of the molecule is CNCC(CC(=O)NC(CCC(C)=O)C(O)ONCCSSCCN)C(O)ONCCSSCCN. The van der Waals surface area contributed by atoms with Crippen LogP contribution < -0.4 is 33.1 Å². The molecule has 0 aromatic carbocycles. The zero-order valence-corrected chi connectivity index (χ0v) is 24.4. The zero-order chi connectivity index (χ0) is 27.0. The Morgan fingerprint density at radius 3 is 1.92 bits per heavy atom. The number of Topliss-reactive ketones (excluding diaryl/α,β-unsaturated/α-hetero) is 1. The van der Waals surface area contributed by atoms with Crippen LogP contribution in [0, 0.1) is 5.92 Å². The number of ketones is 1. The number of aliphatic hydroxyl groups excluding tert-OH is 2. The van der Waals surface area contributed by atoms with Gasteiger partial charge in [0.05, 0.1) is 6.04 Å². The van der Waals surface area contributed by atoms with Crippen LogP contribution in [0.15, 0.2) is 0 Å². The molecule has 0 fully saturated rings. The molecule has 0 heterocycles. The first-order valence-corrected chi connectivity index (χ1v) is 16.8. The maximum absolute atomic E-state index is 12.7. The van der Waals surface area contributed by atoms with Crippen molar-refractivity contribution in [3.05, 3.63) is 0 Å². The van der Waals surface area contributed by atoms with Crippen LogP contribution in [0.2, 0.25) is 0 Å². The first-order valence-electron chi connectivity index (χ1n) is 11.8. The van der Waals surface area contributed by atoms with Crippen molar-refractivity contribution in [3.63, 3.8) is 0 Å². The first kappa shape index (κ1) is 36.2. The van der Waals surface area contributed by atoms with Crippen molar-refractivity contribution in [3.8, 4) is 0 Å². The van der Waals surface area contributed by atoms with Crippen LogP contribution in [-0.2, 0) is 19.3 Å². The summed E-state index contributed by atoms with van der Waals surface area (Å²) in [7, 11) is 8.31. The number of carbonyl (C=O) groups is 2. The molecule has 0 saturated heterocycles. The predicted molar refractivity (Wildman–Crippen MR) is 152 cm³/mol. The fraction of sp³-hybridized carbons (Fsp3) is 0.900. The lowest BCUT2D eigenvalue weighted by Gasteiger charge is -2.26. The molecule has 0 spiro atoms. The van der Waals surface area contributed by atoms with Crippen molar-refractivity contribution in [1.29, 1.82) is 0 Å². The van der Waals surface area contributed by atoms with E-state index in [9.17, 15) is 19.8 Å². The lowest BCUT2D eigenvalue weighted by Crippen LogP contribution is -2.48. The minimum Gasteiger partial charge on any atom is -0.366 e. The summed E-state index contributed by atoms with van der Waals surface area (Å²) in [6, 6.07) is -0.803. The van der Waals surface area contributed by atoms with Crippen LogP contribution in [0.3, 0.4) is 0 Å². The van der Waals surface area contributed by atoms with Crippen molar-refractivity contribution in [2.24, 2.45) is 17.4 Å². The minimum absolute atomic E-state index is 0.0590. The molecule has 0 bridgehead atoms. The second-order valence-corrected chi connectivity index (χ2v) is 13.0. The van der Waals surface area contributed by atoms with E-state index in [4.69, 9.17) is 21.1 Å². The van der Waals surface area contributed by atoms with Crippen LogP contribution in [0.5, 0.6) is 0 Å². The lowest BCUT2D eigenvalue weighted by atomic mass is 10.0. The van der Waals surface area contributed by atoms with Gasteiger partial charge in [-0.15, -0.1) is 0 Å². The van der Waals surface area contributed by atoms with Gasteiger partial charge >= 0.3 is 0 Å². The Morgan fingerprint density at radius 2 is 1.42 bits per heavy atom. The third-order valence-electron chi connectivity index (χ3n) is 4.37. The number of rotatable bonds is 26. The molecule has 0 aliphatic heterocycles. The molecule has 0 saturated carbocycles. The highest BCUT2D eigenvalue weighted by Crippen LogP contribution is 2.19. The van der Waals surface area contributed by atoms with Gasteiger partial charge in [0.15, 0.2) is 12.6 Å². The standard InChI is InChI=1S/C20H44N6O6S4/c1-15(27)3-4-17(20(30)32-25-8-12-36-34-10-6-22)26-18(28)13-16(14-23-2)19(29)31-24-7-11-35-33-9-5-21/h16-17,19-20,23-25,29-30H,3-14,21-22H2,1-2H3,(H,26,28). The topological polar surface area (TPSA) is 193 Å². The van der Waals surface area contributed by atoms with Crippen molar-refractivity contribution in [2.75, 3.05) is 62.8 Å². The highest BCUT2D eigenvalue weighted by Gasteiger charge is 2.27. The highest BCUT2D eigenvalue weighted by molar-refractivity contribution is 8.77. The fourth-order valence-electron chi connectivity index (χ4n) is 2.65. The van der Waals surface area contributed by atoms with Crippen LogP contribution in [0.25, 0.3) is 0 Å². The number of carbonyl (C=O) groups excluding carboxylic acids is 2. The van der Waals surface area contributed by atoms with Crippen LogP contribution in [0.1, 0.15) is 26.2 Å². The lowest BCUT2D eigenvalue weighted by molar-refractivity contribution is -0.178. The Morgan fingerprint density at radius 1 is 0.889 bits per heavy atom. The Kier molecular flexibility index (Phi) is 25.6. The number of nitrogens with two attached hydrogens (primary N) is 2. The van der Waals surface area contributed by atoms with E-state index in [1.165, 1.54) is 6.92 Å². The monoisotopic (exact) mass is 592 g/mol. The molecule has 4 unspecified atom stereocenters. The van der Waals surface area contributed by atoms with Crippen LogP contribution in [-0.4, -0.2) is 103 Å². The third kappa shape index (κ3) is 21.2. The molecule has 1 amide bonds. The van der Waals surface area contributed by atoms with E-state index in [0.717, 1.165) is 23.0 Å². The van der Waals surface area contributed by atoms with Gasteiger partial charge in [0.2, 0.25) is 5.91 Å². The summed E-state index contributed by atoms with van der Waals surface area (Å²) < 4.78 is 0. The molecule has 0 aliphatic carbocycles. The van der Waals surface area contributed by atoms with E-state index in [1.807, 2.05) is 0 Å². The third-order valence-corrected chi connectivity index (χ3v) is 9.25. The second-order valence-electron chi connectivity index (χ2n) is 7.61. The highest BCUT2D eigenvalue weighted by atomic mass is 33.1. The van der Waals surface area contributed by atoms with Gasteiger partial charge in [0, 0.05) is 74.5 Å². The average molecular weight is 593 g/mol. The first-order chi connectivity index (χ1) is 17.3. The summed E-state index contributed by atoms with van der Waals surface area (Å²) >= 11 is 0. The van der Waals surface area contributed by atoms with Gasteiger partial charge in [0.1, 0.15) is 5.78 Å². The van der Waals surface area contributed by atoms with Gasteiger partial charge < -0.3 is 37.1 Å². The largest absolute Gasteiger partial charge is 0.366 e. The molecule has 0 rings (SSSR count). The van der Waals surface area contributed by atoms with Crippen molar-refractivity contribution >= 4 is 54.9 Å². The maximum atomic E-state index is 12.7. The normalized spacial score (nSPS) is 14.8. The molecule has 0 radical (unpaired) electrons. The van der Waals surface area contributed by atoms with E-state index in [-0.39, 0.29) is 25.0 Å². The predicted octanol–water partition coefficient (Wildman–Crippen LogP) is -0.574. The van der Waals surface area contributed by atoms with E-state index in [0.29, 0.717) is 32.7 Å². The minimum atomic E-state index is -1.35. The summed E-state index contributed by atoms with van der Waals surface area (Å²) in [6.07, 6.45) is -2.25. The Hall–Kier alpha value is 0.180. The number of hydrogen-bond acceptors (Lipinski definition) is 15. The molecule has 0 aliphatic rings. The van der Waals surface area contributed by atoms with Crippen LogP contribution in [0.4, 0.5) is 0 Å². The molecular weight excluding hydrogens is 549 g/mol. The van der Waals surface area contributed by atoms with Crippen molar-refractivity contribution in [1.82, 2.24) is 21.6 Å². The van der Waals surface area contributed by atoms with Crippen molar-refractivity contribution in [2.45, 2.75) is 44.8 Å². The number of amides is 1. The molecule has 10 N–H and O–H groups in total. The summed E-state index contributed by atoms with van der Waals surface area (Å²) in [4.78, 5) is 34.7. The van der Waals surface area contributed by atoms with Gasteiger partial charge in [-0.25, -0.2) is 0 Å². The quantitative estimate of drug-likeness (QED) is 0.0275. The summed E-state index contributed by atoms with van der Waals surface area (Å²) in [6.45, 7) is 4.01. The summed E-state index contributed by atoms with van der Waals surface area (Å²) in [5.74, 6) is 2.21. The Labute approximate surface area is 230 Å².